The Morgan fingerprint density at radius 1 is 1.00 bits per heavy atom. The number of hydrogen-bond donors (Lipinski definition) is 3. The number of carbonyl (C=O) groups is 1. The largest absolute Gasteiger partial charge is 0.387 e. The van der Waals surface area contributed by atoms with Gasteiger partial charge in [0.05, 0.1) is 12.5 Å². The molecule has 0 unspecified atom stereocenters. The van der Waals surface area contributed by atoms with Gasteiger partial charge in [-0.1, -0.05) is 54.6 Å². The molecule has 1 amide bonds. The molecule has 0 aliphatic carbocycles. The van der Waals surface area contributed by atoms with Gasteiger partial charge in [0.1, 0.15) is 11.6 Å². The quantitative estimate of drug-likeness (QED) is 0.287. The van der Waals surface area contributed by atoms with Crippen LogP contribution in [0.5, 0.6) is 0 Å². The van der Waals surface area contributed by atoms with Gasteiger partial charge in [0.2, 0.25) is 5.91 Å². The van der Waals surface area contributed by atoms with Crippen molar-refractivity contribution in [2.24, 2.45) is 0 Å². The predicted molar refractivity (Wildman–Crippen MR) is 134 cm³/mol. The third-order valence-corrected chi connectivity index (χ3v) is 5.71. The van der Waals surface area contributed by atoms with Crippen LogP contribution in [0, 0.1) is 5.82 Å². The van der Waals surface area contributed by atoms with Crippen LogP contribution in [0.25, 0.3) is 0 Å². The standard InChI is InChI=1S/C28H29FN4O2/c29-24-8-4-5-22(17-24)20-33-16-15-31-27(33)18-28(35)32-25-11-9-21(10-12-25)13-14-30-19-26(34)23-6-2-1-3-7-23/h1-12,15-17,26,30,34H,13-14,18-20H2,(H,32,35)/t26-/m0/s1. The zero-order chi connectivity index (χ0) is 24.5. The van der Waals surface area contributed by atoms with Crippen LogP contribution in [0.3, 0.4) is 0 Å². The lowest BCUT2D eigenvalue weighted by atomic mass is 10.1. The minimum Gasteiger partial charge on any atom is -0.387 e. The Kier molecular flexibility index (Phi) is 8.38. The fraction of sp³-hybridized carbons (Fsp3) is 0.214. The number of aromatic nitrogens is 2. The number of nitrogens with zero attached hydrogens (tertiary/aromatic N) is 2. The fourth-order valence-electron chi connectivity index (χ4n) is 3.85. The van der Waals surface area contributed by atoms with Crippen molar-refractivity contribution in [2.45, 2.75) is 25.5 Å². The maximum Gasteiger partial charge on any atom is 0.231 e. The molecule has 0 radical (unpaired) electrons. The molecule has 0 fully saturated rings. The summed E-state index contributed by atoms with van der Waals surface area (Å²) in [5, 5.41) is 16.4. The summed E-state index contributed by atoms with van der Waals surface area (Å²) in [7, 11) is 0. The minimum atomic E-state index is -0.529. The van der Waals surface area contributed by atoms with E-state index < -0.39 is 6.10 Å². The molecule has 0 spiro atoms. The summed E-state index contributed by atoms with van der Waals surface area (Å²) < 4.78 is 15.3. The molecule has 6 nitrogen and oxygen atoms in total. The zero-order valence-corrected chi connectivity index (χ0v) is 19.4. The molecule has 7 heteroatoms. The number of carbonyl (C=O) groups excluding carboxylic acids is 1. The lowest BCUT2D eigenvalue weighted by Gasteiger charge is -2.12. The van der Waals surface area contributed by atoms with Gasteiger partial charge in [-0.3, -0.25) is 4.79 Å². The summed E-state index contributed by atoms with van der Waals surface area (Å²) >= 11 is 0. The summed E-state index contributed by atoms with van der Waals surface area (Å²) in [5.74, 6) is 0.166. The van der Waals surface area contributed by atoms with E-state index >= 15 is 0 Å². The lowest BCUT2D eigenvalue weighted by Crippen LogP contribution is -2.23. The molecule has 3 N–H and O–H groups in total. The van der Waals surface area contributed by atoms with Gasteiger partial charge >= 0.3 is 0 Å². The fourth-order valence-corrected chi connectivity index (χ4v) is 3.85. The van der Waals surface area contributed by atoms with Crippen LogP contribution in [0.15, 0.2) is 91.3 Å². The lowest BCUT2D eigenvalue weighted by molar-refractivity contribution is -0.115. The molecular weight excluding hydrogens is 443 g/mol. The maximum absolute atomic E-state index is 13.5. The van der Waals surface area contributed by atoms with E-state index in [2.05, 4.69) is 15.6 Å². The van der Waals surface area contributed by atoms with Gasteiger partial charge in [0.15, 0.2) is 0 Å². The van der Waals surface area contributed by atoms with Crippen LogP contribution in [-0.2, 0) is 24.2 Å². The number of rotatable bonds is 11. The number of aliphatic hydroxyl groups excluding tert-OH is 1. The van der Waals surface area contributed by atoms with Crippen molar-refractivity contribution in [3.05, 3.63) is 120 Å². The van der Waals surface area contributed by atoms with Gasteiger partial charge in [0, 0.05) is 31.2 Å². The van der Waals surface area contributed by atoms with Crippen LogP contribution in [0.2, 0.25) is 0 Å². The Morgan fingerprint density at radius 3 is 2.57 bits per heavy atom. The molecule has 180 valence electrons. The van der Waals surface area contributed by atoms with Gasteiger partial charge in [-0.15, -0.1) is 0 Å². The van der Waals surface area contributed by atoms with Crippen LogP contribution < -0.4 is 10.6 Å². The van der Waals surface area contributed by atoms with Crippen molar-refractivity contribution in [2.75, 3.05) is 18.4 Å². The number of hydrogen-bond acceptors (Lipinski definition) is 4. The van der Waals surface area contributed by atoms with E-state index in [1.165, 1.54) is 12.1 Å². The molecule has 35 heavy (non-hydrogen) atoms. The SMILES string of the molecule is O=C(Cc1nccn1Cc1cccc(F)c1)Nc1ccc(CCNC[C@H](O)c2ccccc2)cc1. The van der Waals surface area contributed by atoms with Crippen molar-refractivity contribution in [1.29, 1.82) is 0 Å². The summed E-state index contributed by atoms with van der Waals surface area (Å²) in [6.07, 6.45) is 3.84. The van der Waals surface area contributed by atoms with E-state index in [4.69, 9.17) is 0 Å². The molecule has 4 rings (SSSR count). The Morgan fingerprint density at radius 2 is 1.80 bits per heavy atom. The number of halogens is 1. The number of imidazole rings is 1. The highest BCUT2D eigenvalue weighted by atomic mass is 19.1. The number of nitrogens with one attached hydrogen (secondary N) is 2. The molecule has 1 atom stereocenters. The Balaban J connectivity index is 1.22. The van der Waals surface area contributed by atoms with Gasteiger partial charge in [-0.2, -0.15) is 0 Å². The average molecular weight is 473 g/mol. The van der Waals surface area contributed by atoms with E-state index in [1.54, 1.807) is 18.5 Å². The second-order valence-corrected chi connectivity index (χ2v) is 8.40. The van der Waals surface area contributed by atoms with Crippen LogP contribution in [-0.4, -0.2) is 33.7 Å². The summed E-state index contributed by atoms with van der Waals surface area (Å²) in [4.78, 5) is 16.8. The van der Waals surface area contributed by atoms with Gasteiger partial charge < -0.3 is 20.3 Å². The summed E-state index contributed by atoms with van der Waals surface area (Å²) in [5.41, 5.74) is 3.56. The summed E-state index contributed by atoms with van der Waals surface area (Å²) in [6.45, 7) is 1.68. The van der Waals surface area contributed by atoms with Crippen molar-refractivity contribution in [3.8, 4) is 0 Å². The van der Waals surface area contributed by atoms with Gasteiger partial charge in [0.25, 0.3) is 0 Å². The van der Waals surface area contributed by atoms with Gasteiger partial charge in [-0.25, -0.2) is 9.37 Å². The van der Waals surface area contributed by atoms with E-state index in [1.807, 2.05) is 65.2 Å². The van der Waals surface area contributed by atoms with E-state index in [0.29, 0.717) is 18.9 Å². The van der Waals surface area contributed by atoms with Crippen LogP contribution >= 0.6 is 0 Å². The number of benzene rings is 3. The molecule has 3 aromatic carbocycles. The average Bonchev–Trinajstić information content (AvgIpc) is 3.29. The zero-order valence-electron chi connectivity index (χ0n) is 19.4. The Bertz CT molecular complexity index is 1230. The van der Waals surface area contributed by atoms with Crippen molar-refractivity contribution >= 4 is 11.6 Å². The Hall–Kier alpha value is -3.81. The molecule has 0 aliphatic rings. The third-order valence-electron chi connectivity index (χ3n) is 5.71. The van der Waals surface area contributed by atoms with Crippen LogP contribution in [0.1, 0.15) is 28.6 Å². The maximum atomic E-state index is 13.5. The highest BCUT2D eigenvalue weighted by Gasteiger charge is 2.11. The predicted octanol–water partition coefficient (Wildman–Crippen LogP) is 4.12. The molecular formula is C28H29FN4O2. The van der Waals surface area contributed by atoms with Gasteiger partial charge in [-0.05, 0) is 53.9 Å². The monoisotopic (exact) mass is 472 g/mol. The smallest absolute Gasteiger partial charge is 0.231 e. The first-order valence-corrected chi connectivity index (χ1v) is 11.6. The van der Waals surface area contributed by atoms with Crippen molar-refractivity contribution in [1.82, 2.24) is 14.9 Å². The first-order chi connectivity index (χ1) is 17.1. The van der Waals surface area contributed by atoms with Crippen molar-refractivity contribution < 1.29 is 14.3 Å². The number of anilines is 1. The van der Waals surface area contributed by atoms with E-state index in [0.717, 1.165) is 35.3 Å². The van der Waals surface area contributed by atoms with Crippen molar-refractivity contribution in [3.63, 3.8) is 0 Å². The van der Waals surface area contributed by atoms with E-state index in [-0.39, 0.29) is 18.1 Å². The summed E-state index contributed by atoms with van der Waals surface area (Å²) in [6, 6.07) is 23.7. The normalized spacial score (nSPS) is 11.8. The molecule has 0 bridgehead atoms. The topological polar surface area (TPSA) is 79.2 Å². The molecule has 1 aromatic heterocycles. The minimum absolute atomic E-state index is 0.123. The molecule has 1 heterocycles. The number of aliphatic hydroxyl groups is 1. The van der Waals surface area contributed by atoms with E-state index in [9.17, 15) is 14.3 Å². The second kappa shape index (κ2) is 12.1. The highest BCUT2D eigenvalue weighted by Crippen LogP contribution is 2.13. The second-order valence-electron chi connectivity index (χ2n) is 8.40. The highest BCUT2D eigenvalue weighted by molar-refractivity contribution is 5.91. The molecule has 0 saturated heterocycles. The van der Waals surface area contributed by atoms with Crippen LogP contribution in [0.4, 0.5) is 10.1 Å². The third kappa shape index (κ3) is 7.34. The Labute approximate surface area is 204 Å². The first kappa shape index (κ1) is 24.3. The molecule has 0 saturated carbocycles. The number of amides is 1. The molecule has 4 aromatic rings. The first-order valence-electron chi connectivity index (χ1n) is 11.6. The molecule has 0 aliphatic heterocycles.